The van der Waals surface area contributed by atoms with E-state index in [0.717, 1.165) is 0 Å². The molecule has 4 aliphatic rings. The highest BCUT2D eigenvalue weighted by Crippen LogP contribution is 2.76. The van der Waals surface area contributed by atoms with Crippen LogP contribution in [-0.2, 0) is 11.1 Å². The van der Waals surface area contributed by atoms with Gasteiger partial charge in [0, 0.05) is 5.41 Å². The first-order valence-electron chi connectivity index (χ1n) is 9.97. The molecule has 0 amide bonds. The van der Waals surface area contributed by atoms with Crippen LogP contribution in [0, 0.1) is 29.1 Å². The van der Waals surface area contributed by atoms with Crippen molar-refractivity contribution >= 4 is 0 Å². The summed E-state index contributed by atoms with van der Waals surface area (Å²) in [5.74, 6) is 2.64. The topological polar surface area (TPSA) is 24.1 Å². The van der Waals surface area contributed by atoms with E-state index in [1.807, 2.05) is 0 Å². The molecule has 3 fully saturated rings. The van der Waals surface area contributed by atoms with E-state index in [4.69, 9.17) is 0 Å². The van der Waals surface area contributed by atoms with Crippen molar-refractivity contribution in [3.8, 4) is 0 Å². The Bertz CT molecular complexity index is 815. The van der Waals surface area contributed by atoms with Crippen molar-refractivity contribution in [2.24, 2.45) is 29.1 Å². The fourth-order valence-electron chi connectivity index (χ4n) is 7.48. The van der Waals surface area contributed by atoms with Crippen molar-refractivity contribution < 1.29 is 0 Å². The molecule has 2 heteroatoms. The number of hydrogen-bond donors (Lipinski definition) is 2. The van der Waals surface area contributed by atoms with Gasteiger partial charge in [0.25, 0.3) is 0 Å². The number of hydrogen-bond acceptors (Lipinski definition) is 2. The van der Waals surface area contributed by atoms with Crippen LogP contribution in [0.2, 0.25) is 0 Å². The first-order chi connectivity index (χ1) is 12.6. The summed E-state index contributed by atoms with van der Waals surface area (Å²) in [6, 6.07) is 22.4. The van der Waals surface area contributed by atoms with E-state index in [9.17, 15) is 0 Å². The number of benzene rings is 2. The molecule has 1 aliphatic heterocycles. The number of allylic oxidation sites excluding steroid dienone is 2. The second-order valence-electron chi connectivity index (χ2n) is 9.22. The molecule has 6 atom stereocenters. The molecule has 2 nitrogen and oxygen atoms in total. The summed E-state index contributed by atoms with van der Waals surface area (Å²) >= 11 is 0. The van der Waals surface area contributed by atoms with Crippen molar-refractivity contribution in [3.05, 3.63) is 83.9 Å². The zero-order chi connectivity index (χ0) is 17.6. The van der Waals surface area contributed by atoms with Crippen LogP contribution in [-0.4, -0.2) is 0 Å². The molecule has 132 valence electrons. The average Bonchev–Trinajstić information content (AvgIpc) is 3.39. The number of nitrogens with one attached hydrogen (secondary N) is 2. The van der Waals surface area contributed by atoms with Crippen LogP contribution in [0.1, 0.15) is 31.4 Å². The molecule has 0 radical (unpaired) electrons. The molecule has 0 unspecified atom stereocenters. The minimum atomic E-state index is -0.0427. The third-order valence-corrected chi connectivity index (χ3v) is 8.35. The smallest absolute Gasteiger partial charge is 0.0682 e. The van der Waals surface area contributed by atoms with Crippen LogP contribution in [0.3, 0.4) is 0 Å². The molecule has 2 aromatic rings. The van der Waals surface area contributed by atoms with Gasteiger partial charge >= 0.3 is 0 Å². The summed E-state index contributed by atoms with van der Waals surface area (Å²) in [6.45, 7) is 4.97. The molecule has 2 saturated carbocycles. The molecule has 6 rings (SSSR count). The van der Waals surface area contributed by atoms with Crippen molar-refractivity contribution in [1.82, 2.24) is 10.9 Å². The van der Waals surface area contributed by atoms with E-state index in [0.29, 0.717) is 23.7 Å². The lowest BCUT2D eigenvalue weighted by molar-refractivity contribution is 0.0996. The Kier molecular flexibility index (Phi) is 2.73. The normalized spacial score (nSPS) is 43.8. The number of hydrazine groups is 1. The summed E-state index contributed by atoms with van der Waals surface area (Å²) in [4.78, 5) is 0. The van der Waals surface area contributed by atoms with Crippen LogP contribution in [0.15, 0.2) is 72.8 Å². The van der Waals surface area contributed by atoms with Gasteiger partial charge in [-0.25, -0.2) is 10.9 Å². The molecule has 1 saturated heterocycles. The Labute approximate surface area is 155 Å². The Balaban J connectivity index is 1.66. The molecule has 0 spiro atoms. The van der Waals surface area contributed by atoms with Crippen molar-refractivity contribution in [3.63, 3.8) is 0 Å². The molecule has 2 aromatic carbocycles. The van der Waals surface area contributed by atoms with Crippen LogP contribution >= 0.6 is 0 Å². The summed E-state index contributed by atoms with van der Waals surface area (Å²) in [6.07, 6.45) is 6.33. The highest BCUT2D eigenvalue weighted by atomic mass is 15.5. The largest absolute Gasteiger partial charge is 0.245 e. The fraction of sp³-hybridized carbons (Fsp3) is 0.417. The lowest BCUT2D eigenvalue weighted by atomic mass is 9.61. The maximum atomic E-state index is 3.89. The third kappa shape index (κ3) is 1.39. The van der Waals surface area contributed by atoms with Gasteiger partial charge in [-0.05, 0) is 41.2 Å². The van der Waals surface area contributed by atoms with Crippen molar-refractivity contribution in [2.45, 2.75) is 31.3 Å². The zero-order valence-electron chi connectivity index (χ0n) is 15.4. The Morgan fingerprint density at radius 2 is 1.12 bits per heavy atom. The first kappa shape index (κ1) is 15.2. The van der Waals surface area contributed by atoms with Gasteiger partial charge in [-0.3, -0.25) is 0 Å². The van der Waals surface area contributed by atoms with E-state index in [2.05, 4.69) is 97.5 Å². The molecule has 3 aliphatic carbocycles. The fourth-order valence-corrected chi connectivity index (χ4v) is 7.48. The third-order valence-electron chi connectivity index (χ3n) is 8.35. The predicted molar refractivity (Wildman–Crippen MR) is 104 cm³/mol. The van der Waals surface area contributed by atoms with Crippen LogP contribution in [0.25, 0.3) is 0 Å². The van der Waals surface area contributed by atoms with E-state index < -0.39 is 0 Å². The molecule has 1 heterocycles. The van der Waals surface area contributed by atoms with Gasteiger partial charge in [0.05, 0.1) is 11.1 Å². The second-order valence-corrected chi connectivity index (χ2v) is 9.22. The first-order valence-corrected chi connectivity index (χ1v) is 9.97. The quantitative estimate of drug-likeness (QED) is 0.626. The Hall–Kier alpha value is -1.90. The van der Waals surface area contributed by atoms with Crippen LogP contribution < -0.4 is 10.9 Å². The molecular formula is C24H26N2. The monoisotopic (exact) mass is 342 g/mol. The van der Waals surface area contributed by atoms with Crippen molar-refractivity contribution in [2.75, 3.05) is 0 Å². The Morgan fingerprint density at radius 3 is 1.54 bits per heavy atom. The summed E-state index contributed by atoms with van der Waals surface area (Å²) in [5.41, 5.74) is 10.6. The summed E-state index contributed by atoms with van der Waals surface area (Å²) in [5, 5.41) is 0. The Morgan fingerprint density at radius 1 is 0.692 bits per heavy atom. The van der Waals surface area contributed by atoms with E-state index in [1.54, 1.807) is 0 Å². The maximum Gasteiger partial charge on any atom is 0.0682 e. The zero-order valence-corrected chi connectivity index (χ0v) is 15.4. The van der Waals surface area contributed by atoms with Gasteiger partial charge in [0.15, 0.2) is 0 Å². The van der Waals surface area contributed by atoms with Gasteiger partial charge in [0.2, 0.25) is 0 Å². The SMILES string of the molecule is CC1(C)[C@]2(c3ccccc3)NN[C@@]1(c1ccccc1)[C@@H]1[C@H]2[C@H]2C=C[C@@H]1C2. The maximum absolute atomic E-state index is 3.89. The molecule has 4 bridgehead atoms. The number of fused-ring (bicyclic) bond motifs is 9. The predicted octanol–water partition coefficient (Wildman–Crippen LogP) is 4.36. The number of rotatable bonds is 2. The summed E-state index contributed by atoms with van der Waals surface area (Å²) in [7, 11) is 0. The van der Waals surface area contributed by atoms with E-state index >= 15 is 0 Å². The van der Waals surface area contributed by atoms with Crippen molar-refractivity contribution in [1.29, 1.82) is 0 Å². The molecule has 26 heavy (non-hydrogen) atoms. The standard InChI is InChI=1S/C24H26N2/c1-22(2)23(18-9-5-3-6-10-18)20-16-13-14-17(15-16)21(20)24(22,26-25-23)19-11-7-4-8-12-19/h3-14,16-17,20-21,25-26H,15H2,1-2H3/t16-,17+,20+,21-,23+,24-. The van der Waals surface area contributed by atoms with E-state index in [-0.39, 0.29) is 16.5 Å². The minimum absolute atomic E-state index is 0.0427. The van der Waals surface area contributed by atoms with Gasteiger partial charge in [-0.1, -0.05) is 86.7 Å². The highest BCUT2D eigenvalue weighted by molar-refractivity contribution is 5.48. The molecule has 0 aromatic heterocycles. The lowest BCUT2D eigenvalue weighted by Gasteiger charge is -2.45. The summed E-state index contributed by atoms with van der Waals surface area (Å²) < 4.78 is 0. The van der Waals surface area contributed by atoms with Gasteiger partial charge in [-0.15, -0.1) is 0 Å². The van der Waals surface area contributed by atoms with Crippen LogP contribution in [0.4, 0.5) is 0 Å². The van der Waals surface area contributed by atoms with Gasteiger partial charge in [-0.2, -0.15) is 0 Å². The minimum Gasteiger partial charge on any atom is -0.245 e. The molecule has 2 N–H and O–H groups in total. The molecular weight excluding hydrogens is 316 g/mol. The highest BCUT2D eigenvalue weighted by Gasteiger charge is 2.81. The van der Waals surface area contributed by atoms with E-state index in [1.165, 1.54) is 17.5 Å². The average molecular weight is 342 g/mol. The lowest BCUT2D eigenvalue weighted by Crippen LogP contribution is -2.59. The second kappa shape index (κ2) is 4.68. The van der Waals surface area contributed by atoms with Gasteiger partial charge in [0.1, 0.15) is 0 Å². The van der Waals surface area contributed by atoms with Gasteiger partial charge < -0.3 is 0 Å². The van der Waals surface area contributed by atoms with Crippen LogP contribution in [0.5, 0.6) is 0 Å².